The summed E-state index contributed by atoms with van der Waals surface area (Å²) in [4.78, 5) is 10.7. The van der Waals surface area contributed by atoms with Crippen LogP contribution in [0.15, 0.2) is 29.4 Å². The quantitative estimate of drug-likeness (QED) is 0.831. The molecule has 1 heterocycles. The van der Waals surface area contributed by atoms with Gasteiger partial charge >= 0.3 is 5.97 Å². The monoisotopic (exact) mass is 303 g/mol. The summed E-state index contributed by atoms with van der Waals surface area (Å²) >= 11 is 1.25. The van der Waals surface area contributed by atoms with Crippen LogP contribution in [0.25, 0.3) is 0 Å². The van der Waals surface area contributed by atoms with E-state index in [1.54, 1.807) is 0 Å². The van der Waals surface area contributed by atoms with Crippen molar-refractivity contribution in [1.29, 1.82) is 0 Å². The molecular weight excluding hydrogens is 286 g/mol. The molecule has 2 aromatic rings. The van der Waals surface area contributed by atoms with Gasteiger partial charge in [0.25, 0.3) is 0 Å². The second-order valence-electron chi connectivity index (χ2n) is 5.29. The van der Waals surface area contributed by atoms with Gasteiger partial charge in [-0.3, -0.25) is 4.79 Å². The molecule has 1 fully saturated rings. The van der Waals surface area contributed by atoms with Crippen molar-refractivity contribution in [3.63, 3.8) is 0 Å². The molecule has 0 saturated heterocycles. The fourth-order valence-electron chi connectivity index (χ4n) is 2.33. The van der Waals surface area contributed by atoms with Gasteiger partial charge in [-0.2, -0.15) is 0 Å². The molecule has 0 amide bonds. The lowest BCUT2D eigenvalue weighted by atomic mass is 10.1. The lowest BCUT2D eigenvalue weighted by Gasteiger charge is -2.09. The minimum absolute atomic E-state index is 0.0230. The first-order chi connectivity index (χ1) is 10.1. The zero-order valence-electron chi connectivity index (χ0n) is 11.8. The predicted octanol–water partition coefficient (Wildman–Crippen LogP) is 2.69. The summed E-state index contributed by atoms with van der Waals surface area (Å²) < 4.78 is 2.13. The smallest absolute Gasteiger partial charge is 0.313 e. The highest BCUT2D eigenvalue weighted by atomic mass is 32.2. The lowest BCUT2D eigenvalue weighted by Crippen LogP contribution is -2.06. The van der Waals surface area contributed by atoms with Gasteiger partial charge < -0.3 is 9.67 Å². The number of hydrogen-bond donors (Lipinski definition) is 1. The van der Waals surface area contributed by atoms with E-state index in [4.69, 9.17) is 5.11 Å². The van der Waals surface area contributed by atoms with Crippen molar-refractivity contribution < 1.29 is 9.90 Å². The van der Waals surface area contributed by atoms with Crippen molar-refractivity contribution in [2.45, 2.75) is 37.4 Å². The highest BCUT2D eigenvalue weighted by Gasteiger charge is 2.29. The summed E-state index contributed by atoms with van der Waals surface area (Å²) in [5.41, 5.74) is 2.48. The molecule has 21 heavy (non-hydrogen) atoms. The first-order valence-corrected chi connectivity index (χ1v) is 7.96. The van der Waals surface area contributed by atoms with Crippen LogP contribution in [0, 0.1) is 6.92 Å². The molecular formula is C15H17N3O2S. The Kier molecular flexibility index (Phi) is 3.96. The second kappa shape index (κ2) is 5.89. The van der Waals surface area contributed by atoms with Crippen molar-refractivity contribution in [2.24, 2.45) is 0 Å². The maximum absolute atomic E-state index is 10.7. The Morgan fingerprint density at radius 2 is 2.14 bits per heavy atom. The lowest BCUT2D eigenvalue weighted by molar-refractivity contribution is -0.133. The van der Waals surface area contributed by atoms with Crippen molar-refractivity contribution in [3.8, 4) is 0 Å². The van der Waals surface area contributed by atoms with Crippen LogP contribution in [0.4, 0.5) is 0 Å². The molecule has 0 bridgehead atoms. The molecule has 1 N–H and O–H groups in total. The molecule has 1 aliphatic carbocycles. The van der Waals surface area contributed by atoms with Gasteiger partial charge in [0.05, 0.1) is 5.75 Å². The number of carboxylic acids is 1. The van der Waals surface area contributed by atoms with Crippen LogP contribution in [0.2, 0.25) is 0 Å². The molecule has 1 aromatic heterocycles. The molecule has 0 radical (unpaired) electrons. The summed E-state index contributed by atoms with van der Waals surface area (Å²) in [6.07, 6.45) is 2.99. The predicted molar refractivity (Wildman–Crippen MR) is 80.6 cm³/mol. The average Bonchev–Trinajstić information content (AvgIpc) is 3.21. The van der Waals surface area contributed by atoms with E-state index in [9.17, 15) is 4.79 Å². The molecule has 110 valence electrons. The Labute approximate surface area is 127 Å². The van der Waals surface area contributed by atoms with Crippen molar-refractivity contribution in [3.05, 3.63) is 41.2 Å². The molecule has 0 unspecified atom stereocenters. The van der Waals surface area contributed by atoms with Crippen LogP contribution in [-0.4, -0.2) is 31.6 Å². The van der Waals surface area contributed by atoms with Crippen molar-refractivity contribution in [2.75, 3.05) is 5.75 Å². The highest BCUT2D eigenvalue weighted by Crippen LogP contribution is 2.39. The van der Waals surface area contributed by atoms with Gasteiger partial charge in [-0.25, -0.2) is 0 Å². The standard InChI is InChI=1S/C15H17N3O2S/c1-10-4-2-3-5-11(10)8-13-16-17-15(21-9-14(19)20)18(13)12-6-7-12/h2-5,12H,6-9H2,1H3,(H,19,20). The molecule has 1 aliphatic rings. The Balaban J connectivity index is 1.85. The summed E-state index contributed by atoms with van der Waals surface area (Å²) in [5, 5.41) is 18.0. The Morgan fingerprint density at radius 1 is 1.38 bits per heavy atom. The third-order valence-corrected chi connectivity index (χ3v) is 4.51. The topological polar surface area (TPSA) is 68.0 Å². The number of aromatic nitrogens is 3. The molecule has 6 heteroatoms. The minimum atomic E-state index is -0.828. The van der Waals surface area contributed by atoms with Crippen molar-refractivity contribution >= 4 is 17.7 Å². The summed E-state index contributed by atoms with van der Waals surface area (Å²) in [7, 11) is 0. The number of carbonyl (C=O) groups is 1. The molecule has 1 saturated carbocycles. The van der Waals surface area contributed by atoms with E-state index in [2.05, 4.69) is 33.8 Å². The Morgan fingerprint density at radius 3 is 2.81 bits per heavy atom. The van der Waals surface area contributed by atoms with E-state index >= 15 is 0 Å². The Bertz CT molecular complexity index is 665. The first kappa shape index (κ1) is 14.1. The van der Waals surface area contributed by atoms with Crippen LogP contribution in [0.5, 0.6) is 0 Å². The number of nitrogens with zero attached hydrogens (tertiary/aromatic N) is 3. The van der Waals surface area contributed by atoms with E-state index in [1.165, 1.54) is 22.9 Å². The van der Waals surface area contributed by atoms with E-state index in [1.807, 2.05) is 12.1 Å². The third-order valence-electron chi connectivity index (χ3n) is 3.58. The summed E-state index contributed by atoms with van der Waals surface area (Å²) in [5.74, 6) is 0.125. The molecule has 0 atom stereocenters. The van der Waals surface area contributed by atoms with E-state index in [-0.39, 0.29) is 5.75 Å². The summed E-state index contributed by atoms with van der Waals surface area (Å²) in [6.45, 7) is 2.09. The SMILES string of the molecule is Cc1ccccc1Cc1nnc(SCC(=O)O)n1C1CC1. The third kappa shape index (κ3) is 3.26. The largest absolute Gasteiger partial charge is 0.481 e. The van der Waals surface area contributed by atoms with Gasteiger partial charge in [0.1, 0.15) is 5.82 Å². The number of hydrogen-bond acceptors (Lipinski definition) is 4. The first-order valence-electron chi connectivity index (χ1n) is 6.98. The average molecular weight is 303 g/mol. The van der Waals surface area contributed by atoms with Gasteiger partial charge in [0, 0.05) is 12.5 Å². The summed E-state index contributed by atoms with van der Waals surface area (Å²) in [6, 6.07) is 8.69. The van der Waals surface area contributed by atoms with Gasteiger partial charge in [0.2, 0.25) is 0 Å². The zero-order chi connectivity index (χ0) is 14.8. The van der Waals surface area contributed by atoms with Gasteiger partial charge in [-0.1, -0.05) is 36.0 Å². The Hall–Kier alpha value is -1.82. The molecule has 5 nitrogen and oxygen atoms in total. The number of carboxylic acid groups (broad SMARTS) is 1. The number of rotatable bonds is 6. The highest BCUT2D eigenvalue weighted by molar-refractivity contribution is 7.99. The fourth-order valence-corrected chi connectivity index (χ4v) is 3.08. The van der Waals surface area contributed by atoms with Gasteiger partial charge in [-0.15, -0.1) is 10.2 Å². The number of aryl methyl sites for hydroxylation is 1. The fraction of sp³-hybridized carbons (Fsp3) is 0.400. The van der Waals surface area contributed by atoms with E-state index < -0.39 is 5.97 Å². The zero-order valence-corrected chi connectivity index (χ0v) is 12.6. The van der Waals surface area contributed by atoms with Crippen LogP contribution in [-0.2, 0) is 11.2 Å². The minimum Gasteiger partial charge on any atom is -0.481 e. The molecule has 3 rings (SSSR count). The van der Waals surface area contributed by atoms with Crippen LogP contribution < -0.4 is 0 Å². The number of thioether (sulfide) groups is 1. The molecule has 0 spiro atoms. The molecule has 0 aliphatic heterocycles. The van der Waals surface area contributed by atoms with E-state index in [0.717, 1.165) is 30.2 Å². The van der Waals surface area contributed by atoms with E-state index in [0.29, 0.717) is 6.04 Å². The number of aliphatic carboxylic acids is 1. The maximum atomic E-state index is 10.7. The van der Waals surface area contributed by atoms with Crippen LogP contribution in [0.3, 0.4) is 0 Å². The number of benzene rings is 1. The van der Waals surface area contributed by atoms with Crippen LogP contribution in [0.1, 0.15) is 35.8 Å². The van der Waals surface area contributed by atoms with Crippen LogP contribution >= 0.6 is 11.8 Å². The van der Waals surface area contributed by atoms with Gasteiger partial charge in [-0.05, 0) is 30.9 Å². The van der Waals surface area contributed by atoms with Crippen molar-refractivity contribution in [1.82, 2.24) is 14.8 Å². The maximum Gasteiger partial charge on any atom is 0.313 e. The molecule has 1 aromatic carbocycles. The normalized spacial score (nSPS) is 14.3. The second-order valence-corrected chi connectivity index (χ2v) is 6.23. The van der Waals surface area contributed by atoms with Gasteiger partial charge in [0.15, 0.2) is 5.16 Å².